The maximum atomic E-state index is 12.5. The van der Waals surface area contributed by atoms with Crippen LogP contribution < -0.4 is 20.1 Å². The second-order valence-corrected chi connectivity index (χ2v) is 8.23. The zero-order chi connectivity index (χ0) is 23.6. The zero-order valence-electron chi connectivity index (χ0n) is 19.7. The van der Waals surface area contributed by atoms with E-state index in [0.29, 0.717) is 24.5 Å². The Kier molecular flexibility index (Phi) is 8.77. The Morgan fingerprint density at radius 2 is 1.85 bits per heavy atom. The summed E-state index contributed by atoms with van der Waals surface area (Å²) in [4.78, 5) is 12.5. The van der Waals surface area contributed by atoms with E-state index in [9.17, 15) is 10.1 Å². The monoisotopic (exact) mass is 447 g/mol. The Bertz CT molecular complexity index is 1040. The minimum atomic E-state index is -0.384. The van der Waals surface area contributed by atoms with Gasteiger partial charge >= 0.3 is 0 Å². The Labute approximate surface area is 196 Å². The predicted octanol–water partition coefficient (Wildman–Crippen LogP) is 4.39. The van der Waals surface area contributed by atoms with E-state index in [-0.39, 0.29) is 17.5 Å². The van der Waals surface area contributed by atoms with Gasteiger partial charge in [0.2, 0.25) is 0 Å². The van der Waals surface area contributed by atoms with Gasteiger partial charge in [-0.15, -0.1) is 0 Å². The van der Waals surface area contributed by atoms with Crippen molar-refractivity contribution in [1.82, 2.24) is 10.6 Å². The van der Waals surface area contributed by atoms with Gasteiger partial charge in [0.05, 0.1) is 20.3 Å². The number of fused-ring (bicyclic) bond motifs is 1. The number of aryl methyl sites for hydroxylation is 2. The van der Waals surface area contributed by atoms with Gasteiger partial charge in [-0.05, 0) is 72.9 Å². The summed E-state index contributed by atoms with van der Waals surface area (Å²) in [5.41, 5.74) is 5.14. The van der Waals surface area contributed by atoms with E-state index in [4.69, 9.17) is 9.47 Å². The van der Waals surface area contributed by atoms with Crippen LogP contribution in [0.15, 0.2) is 48.2 Å². The SMILES string of the molecule is CCC(N/C=C(/C#N)C(=O)NCCc1ccc(OC)c(OC)c1)c1ccc2c(c1)CCCC2. The van der Waals surface area contributed by atoms with Crippen molar-refractivity contribution < 1.29 is 14.3 Å². The van der Waals surface area contributed by atoms with Gasteiger partial charge in [0.25, 0.3) is 5.91 Å². The fourth-order valence-electron chi connectivity index (χ4n) is 4.20. The van der Waals surface area contributed by atoms with Crippen molar-refractivity contribution in [3.63, 3.8) is 0 Å². The number of hydrogen-bond acceptors (Lipinski definition) is 5. The summed E-state index contributed by atoms with van der Waals surface area (Å²) in [5.74, 6) is 0.928. The molecule has 1 atom stereocenters. The molecule has 2 N–H and O–H groups in total. The molecule has 0 bridgehead atoms. The lowest BCUT2D eigenvalue weighted by molar-refractivity contribution is -0.117. The molecule has 33 heavy (non-hydrogen) atoms. The maximum absolute atomic E-state index is 12.5. The van der Waals surface area contributed by atoms with Gasteiger partial charge in [0.1, 0.15) is 11.6 Å². The van der Waals surface area contributed by atoms with Crippen LogP contribution in [0.4, 0.5) is 0 Å². The largest absolute Gasteiger partial charge is 0.493 e. The summed E-state index contributed by atoms with van der Waals surface area (Å²) in [6, 6.07) is 14.4. The van der Waals surface area contributed by atoms with Crippen LogP contribution in [-0.2, 0) is 24.1 Å². The highest BCUT2D eigenvalue weighted by atomic mass is 16.5. The molecule has 1 aliphatic rings. The molecule has 0 spiro atoms. The number of nitrogens with zero attached hydrogens (tertiary/aromatic N) is 1. The smallest absolute Gasteiger partial charge is 0.263 e. The fourth-order valence-corrected chi connectivity index (χ4v) is 4.20. The van der Waals surface area contributed by atoms with E-state index in [1.54, 1.807) is 20.4 Å². The van der Waals surface area contributed by atoms with Crippen molar-refractivity contribution in [2.75, 3.05) is 20.8 Å². The number of ether oxygens (including phenoxy) is 2. The number of carbonyl (C=O) groups is 1. The average molecular weight is 448 g/mol. The first-order chi connectivity index (χ1) is 16.1. The molecule has 2 aromatic rings. The number of nitriles is 1. The number of amides is 1. The highest BCUT2D eigenvalue weighted by Crippen LogP contribution is 2.28. The van der Waals surface area contributed by atoms with E-state index in [1.807, 2.05) is 24.3 Å². The molecule has 0 aromatic heterocycles. The summed E-state index contributed by atoms with van der Waals surface area (Å²) < 4.78 is 10.6. The van der Waals surface area contributed by atoms with Crippen molar-refractivity contribution in [3.05, 3.63) is 70.4 Å². The number of carbonyl (C=O) groups excluding carboxylic acids is 1. The maximum Gasteiger partial charge on any atom is 0.263 e. The molecule has 1 aliphatic carbocycles. The minimum absolute atomic E-state index is 0.0557. The molecule has 6 heteroatoms. The molecule has 174 valence electrons. The van der Waals surface area contributed by atoms with Gasteiger partial charge in [-0.25, -0.2) is 0 Å². The zero-order valence-corrected chi connectivity index (χ0v) is 19.7. The Morgan fingerprint density at radius 3 is 2.55 bits per heavy atom. The molecule has 0 fully saturated rings. The van der Waals surface area contributed by atoms with Gasteiger partial charge < -0.3 is 20.1 Å². The second-order valence-electron chi connectivity index (χ2n) is 8.23. The number of benzene rings is 2. The third-order valence-electron chi connectivity index (χ3n) is 6.12. The van der Waals surface area contributed by atoms with E-state index in [2.05, 4.69) is 35.8 Å². The van der Waals surface area contributed by atoms with Gasteiger partial charge in [0.15, 0.2) is 11.5 Å². The molecular formula is C27H33N3O3. The summed E-state index contributed by atoms with van der Waals surface area (Å²) in [5, 5.41) is 15.6. The van der Waals surface area contributed by atoms with Crippen LogP contribution in [0, 0.1) is 11.3 Å². The predicted molar refractivity (Wildman–Crippen MR) is 129 cm³/mol. The van der Waals surface area contributed by atoms with Crippen molar-refractivity contribution in [2.45, 2.75) is 51.5 Å². The lowest BCUT2D eigenvalue weighted by atomic mass is 9.89. The highest BCUT2D eigenvalue weighted by Gasteiger charge is 2.15. The van der Waals surface area contributed by atoms with Crippen LogP contribution in [0.25, 0.3) is 0 Å². The van der Waals surface area contributed by atoms with Crippen LogP contribution >= 0.6 is 0 Å². The number of hydrogen-bond donors (Lipinski definition) is 2. The fraction of sp³-hybridized carbons (Fsp3) is 0.407. The first-order valence-corrected chi connectivity index (χ1v) is 11.6. The summed E-state index contributed by atoms with van der Waals surface area (Å²) >= 11 is 0. The second kappa shape index (κ2) is 12.0. The molecule has 1 amide bonds. The normalized spacial score (nSPS) is 13.9. The van der Waals surface area contributed by atoms with Gasteiger partial charge in [-0.2, -0.15) is 5.26 Å². The molecule has 0 saturated carbocycles. The lowest BCUT2D eigenvalue weighted by Gasteiger charge is -2.21. The van der Waals surface area contributed by atoms with E-state index < -0.39 is 0 Å². The van der Waals surface area contributed by atoms with Crippen LogP contribution in [0.2, 0.25) is 0 Å². The summed E-state index contributed by atoms with van der Waals surface area (Å²) in [7, 11) is 3.18. The third-order valence-corrected chi connectivity index (χ3v) is 6.12. The number of rotatable bonds is 10. The van der Waals surface area contributed by atoms with Gasteiger partial charge in [0, 0.05) is 12.7 Å². The molecule has 1 unspecified atom stereocenters. The van der Waals surface area contributed by atoms with Crippen LogP contribution in [-0.4, -0.2) is 26.7 Å². The Morgan fingerprint density at radius 1 is 1.09 bits per heavy atom. The highest BCUT2D eigenvalue weighted by molar-refractivity contribution is 5.97. The Balaban J connectivity index is 1.58. The first kappa shape index (κ1) is 24.2. The van der Waals surface area contributed by atoms with E-state index >= 15 is 0 Å². The van der Waals surface area contributed by atoms with Crippen molar-refractivity contribution in [3.8, 4) is 17.6 Å². The summed E-state index contributed by atoms with van der Waals surface area (Å²) in [6.45, 7) is 2.51. The molecule has 3 rings (SSSR count). The van der Waals surface area contributed by atoms with Gasteiger partial charge in [-0.3, -0.25) is 4.79 Å². The molecule has 6 nitrogen and oxygen atoms in total. The van der Waals surface area contributed by atoms with Crippen molar-refractivity contribution >= 4 is 5.91 Å². The number of methoxy groups -OCH3 is 2. The van der Waals surface area contributed by atoms with E-state index in [0.717, 1.165) is 24.8 Å². The summed E-state index contributed by atoms with van der Waals surface area (Å²) in [6.07, 6.45) is 7.79. The first-order valence-electron chi connectivity index (χ1n) is 11.6. The van der Waals surface area contributed by atoms with Crippen LogP contribution in [0.5, 0.6) is 11.5 Å². The van der Waals surface area contributed by atoms with Crippen molar-refractivity contribution in [2.24, 2.45) is 0 Å². The minimum Gasteiger partial charge on any atom is -0.493 e. The third kappa shape index (κ3) is 6.29. The Hall–Kier alpha value is -3.46. The molecule has 0 radical (unpaired) electrons. The molecule has 2 aromatic carbocycles. The lowest BCUT2D eigenvalue weighted by Crippen LogP contribution is -2.28. The average Bonchev–Trinajstić information content (AvgIpc) is 2.86. The molecule has 0 heterocycles. The molecular weight excluding hydrogens is 414 g/mol. The van der Waals surface area contributed by atoms with E-state index in [1.165, 1.54) is 29.5 Å². The topological polar surface area (TPSA) is 83.4 Å². The molecule has 0 saturated heterocycles. The van der Waals surface area contributed by atoms with Crippen LogP contribution in [0.1, 0.15) is 54.5 Å². The van der Waals surface area contributed by atoms with Crippen molar-refractivity contribution in [1.29, 1.82) is 5.26 Å². The van der Waals surface area contributed by atoms with Crippen LogP contribution in [0.3, 0.4) is 0 Å². The number of nitrogens with one attached hydrogen (secondary N) is 2. The molecule has 0 aliphatic heterocycles. The standard InChI is InChI=1S/C27H33N3O3/c1-4-24(22-11-10-20-7-5-6-8-21(20)16-22)30-18-23(17-28)27(31)29-14-13-19-9-12-25(32-2)26(15-19)33-3/h9-12,15-16,18,24,30H,4-8,13-14H2,1-3H3,(H,29,31)/b23-18-. The quantitative estimate of drug-likeness (QED) is 0.417. The van der Waals surface area contributed by atoms with Gasteiger partial charge in [-0.1, -0.05) is 31.2 Å².